The first-order valence-corrected chi connectivity index (χ1v) is 10.2. The average Bonchev–Trinajstić information content (AvgIpc) is 3.25. The Morgan fingerprint density at radius 3 is 2.68 bits per heavy atom. The van der Waals surface area contributed by atoms with Gasteiger partial charge >= 0.3 is 0 Å². The van der Waals surface area contributed by atoms with Crippen LogP contribution in [0.3, 0.4) is 0 Å². The van der Waals surface area contributed by atoms with Crippen LogP contribution >= 0.6 is 11.6 Å². The number of aliphatic hydroxyl groups is 1. The summed E-state index contributed by atoms with van der Waals surface area (Å²) in [5.74, 6) is -0.433. The van der Waals surface area contributed by atoms with Crippen LogP contribution in [0.1, 0.15) is 45.6 Å². The Hall–Kier alpha value is -2.04. The minimum absolute atomic E-state index is 0.0966. The summed E-state index contributed by atoms with van der Waals surface area (Å²) in [5, 5.41) is 16.2. The number of aromatic amines is 1. The molecule has 2 atom stereocenters. The lowest BCUT2D eigenvalue weighted by atomic mass is 9.60. The molecule has 0 bridgehead atoms. The van der Waals surface area contributed by atoms with Gasteiger partial charge in [-0.3, -0.25) is 0 Å². The quantitative estimate of drug-likeness (QED) is 0.470. The number of anilines is 1. The smallest absolute Gasteiger partial charge is 0.151 e. The molecule has 2 aliphatic rings. The molecule has 1 aliphatic carbocycles. The molecular weight excluding hydrogens is 375 g/mol. The molecule has 2 aromatic carbocycles. The first-order chi connectivity index (χ1) is 13.2. The third kappa shape index (κ3) is 2.03. The van der Waals surface area contributed by atoms with Gasteiger partial charge in [-0.1, -0.05) is 36.7 Å². The molecule has 5 heteroatoms. The van der Waals surface area contributed by atoms with E-state index in [4.69, 9.17) is 11.6 Å². The third-order valence-electron chi connectivity index (χ3n) is 7.28. The molecule has 0 radical (unpaired) electrons. The van der Waals surface area contributed by atoms with Gasteiger partial charge in [-0.25, -0.2) is 4.39 Å². The molecule has 3 nitrogen and oxygen atoms in total. The third-order valence-corrected chi connectivity index (χ3v) is 7.63. The molecule has 1 fully saturated rings. The highest BCUT2D eigenvalue weighted by Gasteiger charge is 2.63. The Morgan fingerprint density at radius 1 is 1.11 bits per heavy atom. The SMILES string of the molecule is CC1(C)Nc2c(cc(-c3cccc4cc[nH]c34)c(F)c2Cl)C2(C)CCCC12O. The highest BCUT2D eigenvalue weighted by molar-refractivity contribution is 6.34. The fourth-order valence-corrected chi connectivity index (χ4v) is 5.90. The molecule has 0 amide bonds. The van der Waals surface area contributed by atoms with Crippen molar-refractivity contribution in [1.82, 2.24) is 4.98 Å². The topological polar surface area (TPSA) is 48.0 Å². The molecule has 2 unspecified atom stereocenters. The van der Waals surface area contributed by atoms with Gasteiger partial charge in [-0.15, -0.1) is 0 Å². The van der Waals surface area contributed by atoms with E-state index in [9.17, 15) is 5.11 Å². The largest absolute Gasteiger partial charge is 0.387 e. The van der Waals surface area contributed by atoms with Crippen molar-refractivity contribution in [3.8, 4) is 11.1 Å². The number of nitrogens with one attached hydrogen (secondary N) is 2. The molecule has 146 valence electrons. The van der Waals surface area contributed by atoms with E-state index in [1.165, 1.54) is 0 Å². The Balaban J connectivity index is 1.83. The Morgan fingerprint density at radius 2 is 1.89 bits per heavy atom. The first-order valence-electron chi connectivity index (χ1n) is 9.79. The monoisotopic (exact) mass is 398 g/mol. The van der Waals surface area contributed by atoms with Crippen LogP contribution in [0, 0.1) is 5.82 Å². The number of halogens is 2. The van der Waals surface area contributed by atoms with E-state index in [1.54, 1.807) is 0 Å². The molecular formula is C23H24ClFN2O. The maximum atomic E-state index is 15.5. The molecule has 0 spiro atoms. The minimum atomic E-state index is -0.927. The van der Waals surface area contributed by atoms with Gasteiger partial charge in [0.25, 0.3) is 0 Å². The molecule has 3 aromatic rings. The van der Waals surface area contributed by atoms with E-state index in [-0.39, 0.29) is 5.02 Å². The maximum Gasteiger partial charge on any atom is 0.151 e. The Bertz CT molecular complexity index is 1120. The van der Waals surface area contributed by atoms with Crippen LogP contribution in [0.5, 0.6) is 0 Å². The fraction of sp³-hybridized carbons (Fsp3) is 0.391. The maximum absolute atomic E-state index is 15.5. The fourth-order valence-electron chi connectivity index (χ4n) is 5.64. The van der Waals surface area contributed by atoms with Crippen LogP contribution in [0.4, 0.5) is 10.1 Å². The lowest BCUT2D eigenvalue weighted by Gasteiger charge is -2.55. The summed E-state index contributed by atoms with van der Waals surface area (Å²) in [6, 6.07) is 9.69. The zero-order chi connectivity index (χ0) is 19.9. The van der Waals surface area contributed by atoms with Crippen molar-refractivity contribution in [3.05, 3.63) is 52.9 Å². The first kappa shape index (κ1) is 18.0. The van der Waals surface area contributed by atoms with Crippen molar-refractivity contribution in [2.24, 2.45) is 0 Å². The lowest BCUT2D eigenvalue weighted by molar-refractivity contribution is -0.0628. The molecule has 3 N–H and O–H groups in total. The van der Waals surface area contributed by atoms with E-state index < -0.39 is 22.4 Å². The summed E-state index contributed by atoms with van der Waals surface area (Å²) in [7, 11) is 0. The van der Waals surface area contributed by atoms with Crippen LogP contribution in [0.2, 0.25) is 5.02 Å². The number of hydrogen-bond donors (Lipinski definition) is 3. The van der Waals surface area contributed by atoms with Crippen molar-refractivity contribution in [2.75, 3.05) is 5.32 Å². The summed E-state index contributed by atoms with van der Waals surface area (Å²) < 4.78 is 15.5. The van der Waals surface area contributed by atoms with Crippen molar-refractivity contribution in [1.29, 1.82) is 0 Å². The van der Waals surface area contributed by atoms with E-state index in [2.05, 4.69) is 17.2 Å². The predicted molar refractivity (Wildman–Crippen MR) is 113 cm³/mol. The second-order valence-corrected chi connectivity index (χ2v) is 9.40. The molecule has 1 aromatic heterocycles. The summed E-state index contributed by atoms with van der Waals surface area (Å²) >= 11 is 6.59. The zero-order valence-electron chi connectivity index (χ0n) is 16.3. The summed E-state index contributed by atoms with van der Waals surface area (Å²) in [5.41, 5.74) is 1.61. The Labute approximate surface area is 168 Å². The van der Waals surface area contributed by atoms with Crippen LogP contribution < -0.4 is 5.32 Å². The van der Waals surface area contributed by atoms with Crippen LogP contribution in [-0.4, -0.2) is 21.2 Å². The summed E-state index contributed by atoms with van der Waals surface area (Å²) in [6.45, 7) is 6.04. The minimum Gasteiger partial charge on any atom is -0.387 e. The van der Waals surface area contributed by atoms with E-state index >= 15 is 4.39 Å². The standard InChI is InChI=1S/C23H24ClFN2O/c1-21(2)23(28)10-5-9-22(23,3)16-12-15(18(25)17(24)20(16)27-21)14-7-4-6-13-8-11-26-19(13)14/h4,6-8,11-12,26-28H,5,9-10H2,1-3H3. The van der Waals surface area contributed by atoms with Gasteiger partial charge in [0.05, 0.1) is 22.3 Å². The molecule has 1 saturated carbocycles. The highest BCUT2D eigenvalue weighted by Crippen LogP contribution is 2.60. The second kappa shape index (κ2) is 5.52. The van der Waals surface area contributed by atoms with Crippen molar-refractivity contribution in [2.45, 2.75) is 56.6 Å². The molecule has 2 heterocycles. The normalized spacial score (nSPS) is 28.1. The molecule has 0 saturated heterocycles. The highest BCUT2D eigenvalue weighted by atomic mass is 35.5. The average molecular weight is 399 g/mol. The number of H-pyrrole nitrogens is 1. The Kier molecular flexibility index (Phi) is 3.55. The van der Waals surface area contributed by atoms with Crippen LogP contribution in [0.25, 0.3) is 22.0 Å². The summed E-state index contributed by atoms with van der Waals surface area (Å²) in [6.07, 6.45) is 4.33. The number of aromatic nitrogens is 1. The van der Waals surface area contributed by atoms with E-state index in [0.29, 0.717) is 17.7 Å². The summed E-state index contributed by atoms with van der Waals surface area (Å²) in [4.78, 5) is 3.22. The van der Waals surface area contributed by atoms with Crippen molar-refractivity contribution >= 4 is 28.2 Å². The number of fused-ring (bicyclic) bond motifs is 4. The number of benzene rings is 2. The van der Waals surface area contributed by atoms with E-state index in [0.717, 1.165) is 34.9 Å². The number of rotatable bonds is 1. The van der Waals surface area contributed by atoms with Gasteiger partial charge in [0.2, 0.25) is 0 Å². The van der Waals surface area contributed by atoms with Gasteiger partial charge < -0.3 is 15.4 Å². The van der Waals surface area contributed by atoms with Crippen LogP contribution in [-0.2, 0) is 5.41 Å². The van der Waals surface area contributed by atoms with Crippen molar-refractivity contribution in [3.63, 3.8) is 0 Å². The number of hydrogen-bond acceptors (Lipinski definition) is 2. The van der Waals surface area contributed by atoms with Gasteiger partial charge in [0, 0.05) is 22.7 Å². The molecule has 28 heavy (non-hydrogen) atoms. The van der Waals surface area contributed by atoms with E-state index in [1.807, 2.05) is 50.4 Å². The number of para-hydroxylation sites is 1. The molecule has 1 aliphatic heterocycles. The second-order valence-electron chi connectivity index (χ2n) is 9.02. The van der Waals surface area contributed by atoms with Crippen LogP contribution in [0.15, 0.2) is 36.5 Å². The van der Waals surface area contributed by atoms with Gasteiger partial charge in [0.15, 0.2) is 5.82 Å². The molecule has 5 rings (SSSR count). The zero-order valence-corrected chi connectivity index (χ0v) is 17.0. The lowest BCUT2D eigenvalue weighted by Crippen LogP contribution is -2.66. The van der Waals surface area contributed by atoms with Gasteiger partial charge in [-0.2, -0.15) is 0 Å². The predicted octanol–water partition coefficient (Wildman–Crippen LogP) is 6.00. The van der Waals surface area contributed by atoms with Gasteiger partial charge in [-0.05, 0) is 56.2 Å². The van der Waals surface area contributed by atoms with Gasteiger partial charge in [0.1, 0.15) is 5.02 Å². The van der Waals surface area contributed by atoms with Crippen molar-refractivity contribution < 1.29 is 9.50 Å².